The Kier molecular flexibility index (Phi) is 7.01. The molecule has 7 nitrogen and oxygen atoms in total. The highest BCUT2D eigenvalue weighted by molar-refractivity contribution is 7.92. The van der Waals surface area contributed by atoms with Crippen LogP contribution in [0.1, 0.15) is 21.7 Å². The zero-order valence-corrected chi connectivity index (χ0v) is 22.3. The van der Waals surface area contributed by atoms with Gasteiger partial charge in [0.05, 0.1) is 17.7 Å². The van der Waals surface area contributed by atoms with Gasteiger partial charge in [0.1, 0.15) is 5.75 Å². The zero-order valence-electron chi connectivity index (χ0n) is 20.8. The van der Waals surface area contributed by atoms with Crippen molar-refractivity contribution < 1.29 is 17.9 Å². The first-order valence-corrected chi connectivity index (χ1v) is 13.8. The van der Waals surface area contributed by atoms with Gasteiger partial charge in [-0.25, -0.2) is 13.4 Å². The lowest BCUT2D eigenvalue weighted by molar-refractivity contribution is 0.101. The smallest absolute Gasteiger partial charge is 0.221 e. The summed E-state index contributed by atoms with van der Waals surface area (Å²) in [5, 5.41) is 1.17. The highest BCUT2D eigenvalue weighted by atomic mass is 35.5. The molecule has 0 fully saturated rings. The van der Waals surface area contributed by atoms with Crippen molar-refractivity contribution in [2.75, 3.05) is 12.9 Å². The van der Waals surface area contributed by atoms with E-state index >= 15 is 0 Å². The summed E-state index contributed by atoms with van der Waals surface area (Å²) in [4.78, 5) is 22.7. The van der Waals surface area contributed by atoms with Crippen molar-refractivity contribution in [3.63, 3.8) is 0 Å². The minimum Gasteiger partial charge on any atom is -0.481 e. The molecule has 0 aliphatic rings. The molecule has 5 aromatic rings. The monoisotopic (exact) mass is 545 g/mol. The average molecular weight is 546 g/mol. The Morgan fingerprint density at radius 2 is 1.76 bits per heavy atom. The molecule has 0 bridgehead atoms. The fourth-order valence-corrected chi connectivity index (χ4v) is 6.03. The molecule has 0 saturated carbocycles. The number of halogens is 1. The van der Waals surface area contributed by atoms with Gasteiger partial charge in [-0.1, -0.05) is 29.8 Å². The highest BCUT2D eigenvalue weighted by Crippen LogP contribution is 2.40. The second-order valence-electron chi connectivity index (χ2n) is 8.83. The number of ketones is 1. The lowest BCUT2D eigenvalue weighted by atomic mass is 10.0. The minimum absolute atomic E-state index is 0.0873. The molecule has 0 unspecified atom stereocenters. The maximum Gasteiger partial charge on any atom is 0.221 e. The molecule has 192 valence electrons. The fraction of sp³-hybridized carbons (Fsp3) is 0.138. The number of nitrogens with zero attached hydrogens (tertiary/aromatic N) is 3. The van der Waals surface area contributed by atoms with Crippen LogP contribution in [0.2, 0.25) is 5.02 Å². The number of aryl methyl sites for hydroxylation is 1. The standard InChI is InChI=1S/C29H24ClN3O4S/c1-19-15-20(12-14-31-19)17-33-25-11-10-21(30)16-24(25)27(23-9-6-13-32-29(23)37-2)28(33)26(34)18-38(35,36)22-7-4-3-5-8-22/h3-16H,17-18H2,1-2H3. The normalized spacial score (nSPS) is 11.6. The Bertz CT molecular complexity index is 1770. The van der Waals surface area contributed by atoms with Crippen LogP contribution in [0, 0.1) is 6.92 Å². The largest absolute Gasteiger partial charge is 0.481 e. The van der Waals surface area contributed by atoms with Gasteiger partial charge in [0, 0.05) is 51.7 Å². The molecule has 5 rings (SSSR count). The van der Waals surface area contributed by atoms with Crippen molar-refractivity contribution in [2.24, 2.45) is 0 Å². The van der Waals surface area contributed by atoms with Crippen LogP contribution in [0.25, 0.3) is 22.0 Å². The van der Waals surface area contributed by atoms with E-state index in [4.69, 9.17) is 16.3 Å². The maximum absolute atomic E-state index is 14.1. The second-order valence-corrected chi connectivity index (χ2v) is 11.3. The molecule has 0 aliphatic heterocycles. The number of pyridine rings is 2. The van der Waals surface area contributed by atoms with E-state index in [-0.39, 0.29) is 10.6 Å². The SMILES string of the molecule is COc1ncccc1-c1c(C(=O)CS(=O)(=O)c2ccccc2)n(Cc2ccnc(C)c2)c2ccc(Cl)cc12. The molecule has 3 aromatic heterocycles. The lowest BCUT2D eigenvalue weighted by Gasteiger charge is -2.14. The van der Waals surface area contributed by atoms with Crippen molar-refractivity contribution in [1.82, 2.24) is 14.5 Å². The second kappa shape index (κ2) is 10.4. The molecule has 0 spiro atoms. The van der Waals surface area contributed by atoms with Crippen LogP contribution in [-0.2, 0) is 16.4 Å². The Hall–Kier alpha value is -4.01. The number of carbonyl (C=O) groups is 1. The lowest BCUT2D eigenvalue weighted by Crippen LogP contribution is -2.20. The molecule has 9 heteroatoms. The quantitative estimate of drug-likeness (QED) is 0.230. The maximum atomic E-state index is 14.1. The highest BCUT2D eigenvalue weighted by Gasteiger charge is 2.30. The van der Waals surface area contributed by atoms with Crippen LogP contribution < -0.4 is 4.74 Å². The number of hydrogen-bond acceptors (Lipinski definition) is 6. The molecule has 3 heterocycles. The summed E-state index contributed by atoms with van der Waals surface area (Å²) in [6.45, 7) is 2.21. The zero-order chi connectivity index (χ0) is 26.9. The van der Waals surface area contributed by atoms with Crippen molar-refractivity contribution in [2.45, 2.75) is 18.4 Å². The fourth-order valence-electron chi connectivity index (χ4n) is 4.63. The van der Waals surface area contributed by atoms with E-state index in [1.54, 1.807) is 54.9 Å². The summed E-state index contributed by atoms with van der Waals surface area (Å²) in [7, 11) is -2.41. The van der Waals surface area contributed by atoms with E-state index in [0.29, 0.717) is 34.0 Å². The number of benzene rings is 2. The number of rotatable bonds is 8. The average Bonchev–Trinajstić information content (AvgIpc) is 3.21. The van der Waals surface area contributed by atoms with Crippen molar-refractivity contribution >= 4 is 38.1 Å². The van der Waals surface area contributed by atoms with Crippen LogP contribution in [0.15, 0.2) is 90.1 Å². The van der Waals surface area contributed by atoms with Gasteiger partial charge in [0.15, 0.2) is 15.6 Å². The number of hydrogen-bond donors (Lipinski definition) is 0. The Morgan fingerprint density at radius 3 is 2.50 bits per heavy atom. The Morgan fingerprint density at radius 1 is 0.974 bits per heavy atom. The van der Waals surface area contributed by atoms with Crippen molar-refractivity contribution in [3.05, 3.63) is 107 Å². The predicted molar refractivity (Wildman–Crippen MR) is 148 cm³/mol. The predicted octanol–water partition coefficient (Wildman–Crippen LogP) is 5.77. The van der Waals surface area contributed by atoms with Gasteiger partial charge in [-0.05, 0) is 67.1 Å². The van der Waals surface area contributed by atoms with E-state index in [2.05, 4.69) is 9.97 Å². The van der Waals surface area contributed by atoms with E-state index in [0.717, 1.165) is 16.8 Å². The van der Waals surface area contributed by atoms with Gasteiger partial charge in [-0.15, -0.1) is 0 Å². The van der Waals surface area contributed by atoms with Crippen molar-refractivity contribution in [1.29, 1.82) is 0 Å². The molecular weight excluding hydrogens is 522 g/mol. The summed E-state index contributed by atoms with van der Waals surface area (Å²) >= 11 is 6.42. The van der Waals surface area contributed by atoms with Crippen molar-refractivity contribution in [3.8, 4) is 17.0 Å². The number of Topliss-reactive ketones (excluding diaryl/α,β-unsaturated/α-hetero) is 1. The van der Waals surface area contributed by atoms with Gasteiger partial charge >= 0.3 is 0 Å². The van der Waals surface area contributed by atoms with Crippen LogP contribution in [0.4, 0.5) is 0 Å². The number of fused-ring (bicyclic) bond motifs is 1. The molecule has 0 N–H and O–H groups in total. The number of sulfone groups is 1. The Balaban J connectivity index is 1.78. The van der Waals surface area contributed by atoms with E-state index in [1.165, 1.54) is 19.2 Å². The van der Waals surface area contributed by atoms with Crippen LogP contribution >= 0.6 is 11.6 Å². The van der Waals surface area contributed by atoms with E-state index in [1.807, 2.05) is 29.7 Å². The topological polar surface area (TPSA) is 91.1 Å². The van der Waals surface area contributed by atoms with Crippen LogP contribution in [0.3, 0.4) is 0 Å². The minimum atomic E-state index is -3.91. The molecule has 0 aliphatic carbocycles. The molecule has 0 amide bonds. The molecule has 0 atom stereocenters. The summed E-state index contributed by atoms with van der Waals surface area (Å²) in [6.07, 6.45) is 3.30. The number of methoxy groups -OCH3 is 1. The summed E-state index contributed by atoms with van der Waals surface area (Å²) in [5.41, 5.74) is 3.79. The molecule has 38 heavy (non-hydrogen) atoms. The first-order valence-electron chi connectivity index (χ1n) is 11.8. The molecule has 2 aromatic carbocycles. The molecule has 0 saturated heterocycles. The first-order chi connectivity index (χ1) is 18.3. The van der Waals surface area contributed by atoms with Crippen LogP contribution in [0.5, 0.6) is 5.88 Å². The number of aromatic nitrogens is 3. The third-order valence-corrected chi connectivity index (χ3v) is 8.12. The van der Waals surface area contributed by atoms with Gasteiger partial charge in [0.25, 0.3) is 0 Å². The Labute approximate surface area is 225 Å². The van der Waals surface area contributed by atoms with Gasteiger partial charge < -0.3 is 9.30 Å². The number of carbonyl (C=O) groups excluding carboxylic acids is 1. The van der Waals surface area contributed by atoms with Gasteiger partial charge in [-0.3, -0.25) is 9.78 Å². The van der Waals surface area contributed by atoms with Gasteiger partial charge in [-0.2, -0.15) is 0 Å². The van der Waals surface area contributed by atoms with E-state index < -0.39 is 21.4 Å². The summed E-state index contributed by atoms with van der Waals surface area (Å²) in [5.74, 6) is -0.939. The third kappa shape index (κ3) is 4.92. The summed E-state index contributed by atoms with van der Waals surface area (Å²) in [6, 6.07) is 20.7. The van der Waals surface area contributed by atoms with Crippen LogP contribution in [-0.4, -0.2) is 41.6 Å². The first kappa shape index (κ1) is 25.6. The number of ether oxygens (including phenoxy) is 1. The summed E-state index contributed by atoms with van der Waals surface area (Å²) < 4.78 is 33.9. The van der Waals surface area contributed by atoms with Gasteiger partial charge in [0.2, 0.25) is 5.88 Å². The molecule has 0 radical (unpaired) electrons. The van der Waals surface area contributed by atoms with E-state index in [9.17, 15) is 13.2 Å². The third-order valence-electron chi connectivity index (χ3n) is 6.25. The molecular formula is C29H24ClN3O4S.